The minimum Gasteiger partial charge on any atom is -0.364 e. The SMILES string of the molecule is C[C@H]1CC(c2cc(=O)c3c(C(N)=O)nccc3[nH]2)O[C@@]1(C)C(F)(F)F. The lowest BCUT2D eigenvalue weighted by Crippen LogP contribution is -2.46. The van der Waals surface area contributed by atoms with Gasteiger partial charge in [0.1, 0.15) is 5.69 Å². The highest BCUT2D eigenvalue weighted by Crippen LogP contribution is 2.50. The van der Waals surface area contributed by atoms with E-state index in [9.17, 15) is 22.8 Å². The molecule has 1 unspecified atom stereocenters. The average Bonchev–Trinajstić information content (AvgIpc) is 2.83. The van der Waals surface area contributed by atoms with Crippen molar-refractivity contribution >= 4 is 16.8 Å². The van der Waals surface area contributed by atoms with Crippen LogP contribution in [0.3, 0.4) is 0 Å². The van der Waals surface area contributed by atoms with Crippen LogP contribution in [0.1, 0.15) is 42.6 Å². The van der Waals surface area contributed by atoms with Gasteiger partial charge < -0.3 is 15.5 Å². The Morgan fingerprint density at radius 2 is 2.16 bits per heavy atom. The van der Waals surface area contributed by atoms with Crippen molar-refractivity contribution in [2.75, 3.05) is 0 Å². The van der Waals surface area contributed by atoms with E-state index in [2.05, 4.69) is 9.97 Å². The van der Waals surface area contributed by atoms with Crippen molar-refractivity contribution < 1.29 is 22.7 Å². The lowest BCUT2D eigenvalue weighted by molar-refractivity contribution is -0.275. The molecule has 25 heavy (non-hydrogen) atoms. The number of nitrogens with one attached hydrogen (secondary N) is 1. The number of hydrogen-bond acceptors (Lipinski definition) is 4. The summed E-state index contributed by atoms with van der Waals surface area (Å²) in [5.41, 5.74) is 2.66. The second-order valence-electron chi connectivity index (χ2n) is 6.38. The van der Waals surface area contributed by atoms with Crippen LogP contribution in [0, 0.1) is 5.92 Å². The number of primary amides is 1. The number of carbonyl (C=O) groups excluding carboxylic acids is 1. The van der Waals surface area contributed by atoms with Gasteiger partial charge in [-0.3, -0.25) is 14.6 Å². The molecule has 1 aliphatic rings. The highest BCUT2D eigenvalue weighted by Gasteiger charge is 2.60. The zero-order valence-electron chi connectivity index (χ0n) is 13.5. The number of aromatic amines is 1. The Bertz CT molecular complexity index is 909. The molecule has 0 radical (unpaired) electrons. The van der Waals surface area contributed by atoms with Gasteiger partial charge in [-0.1, -0.05) is 6.92 Å². The summed E-state index contributed by atoms with van der Waals surface area (Å²) < 4.78 is 45.2. The molecule has 0 spiro atoms. The summed E-state index contributed by atoms with van der Waals surface area (Å²) in [5, 5.41) is 0.00313. The zero-order chi connectivity index (χ0) is 18.6. The van der Waals surface area contributed by atoms with E-state index in [1.807, 2.05) is 0 Å². The van der Waals surface area contributed by atoms with Gasteiger partial charge in [-0.15, -0.1) is 0 Å². The molecule has 1 saturated heterocycles. The Morgan fingerprint density at radius 1 is 1.48 bits per heavy atom. The smallest absolute Gasteiger partial charge is 0.364 e. The first-order valence-electron chi connectivity index (χ1n) is 7.61. The Balaban J connectivity index is 2.07. The van der Waals surface area contributed by atoms with Crippen LogP contribution in [0.25, 0.3) is 10.9 Å². The van der Waals surface area contributed by atoms with Gasteiger partial charge in [0.25, 0.3) is 5.91 Å². The predicted octanol–water partition coefficient (Wildman–Crippen LogP) is 2.44. The summed E-state index contributed by atoms with van der Waals surface area (Å²) >= 11 is 0. The van der Waals surface area contributed by atoms with Crippen LogP contribution in [0.15, 0.2) is 23.1 Å². The predicted molar refractivity (Wildman–Crippen MR) is 82.9 cm³/mol. The molecule has 3 atom stereocenters. The van der Waals surface area contributed by atoms with Gasteiger partial charge in [0.15, 0.2) is 11.0 Å². The van der Waals surface area contributed by atoms with E-state index in [0.29, 0.717) is 0 Å². The first-order chi connectivity index (χ1) is 11.5. The number of rotatable bonds is 2. The minimum absolute atomic E-state index is 0.00313. The minimum atomic E-state index is -4.53. The van der Waals surface area contributed by atoms with Crippen molar-refractivity contribution in [3.63, 3.8) is 0 Å². The highest BCUT2D eigenvalue weighted by molar-refractivity contribution is 6.03. The highest BCUT2D eigenvalue weighted by atomic mass is 19.4. The van der Waals surface area contributed by atoms with Gasteiger partial charge in [0.05, 0.1) is 17.0 Å². The summed E-state index contributed by atoms with van der Waals surface area (Å²) in [6.07, 6.45) is -4.05. The van der Waals surface area contributed by atoms with Crippen LogP contribution in [-0.2, 0) is 4.74 Å². The van der Waals surface area contributed by atoms with E-state index >= 15 is 0 Å². The largest absolute Gasteiger partial charge is 0.417 e. The van der Waals surface area contributed by atoms with Crippen molar-refractivity contribution in [3.8, 4) is 0 Å². The maximum atomic E-state index is 13.3. The van der Waals surface area contributed by atoms with Crippen LogP contribution < -0.4 is 11.2 Å². The number of nitrogens with two attached hydrogens (primary N) is 1. The van der Waals surface area contributed by atoms with E-state index in [4.69, 9.17) is 10.5 Å². The van der Waals surface area contributed by atoms with Crippen LogP contribution in [-0.4, -0.2) is 27.7 Å². The number of fused-ring (bicyclic) bond motifs is 1. The van der Waals surface area contributed by atoms with Crippen molar-refractivity contribution in [1.29, 1.82) is 0 Å². The number of H-pyrrole nitrogens is 1. The van der Waals surface area contributed by atoms with Crippen LogP contribution >= 0.6 is 0 Å². The molecule has 2 aromatic heterocycles. The Kier molecular flexibility index (Phi) is 3.86. The van der Waals surface area contributed by atoms with Gasteiger partial charge in [-0.05, 0) is 25.3 Å². The molecular weight excluding hydrogens is 339 g/mol. The van der Waals surface area contributed by atoms with Gasteiger partial charge in [0, 0.05) is 18.0 Å². The third kappa shape index (κ3) is 2.68. The lowest BCUT2D eigenvalue weighted by Gasteiger charge is -2.31. The third-order valence-corrected chi connectivity index (χ3v) is 4.80. The molecule has 1 aliphatic heterocycles. The second-order valence-corrected chi connectivity index (χ2v) is 6.38. The van der Waals surface area contributed by atoms with E-state index in [1.54, 1.807) is 0 Å². The fourth-order valence-corrected chi connectivity index (χ4v) is 3.12. The van der Waals surface area contributed by atoms with Crippen LogP contribution in [0.4, 0.5) is 13.2 Å². The van der Waals surface area contributed by atoms with Crippen molar-refractivity contribution in [3.05, 3.63) is 39.9 Å². The molecule has 3 heterocycles. The van der Waals surface area contributed by atoms with E-state index in [0.717, 1.165) is 13.0 Å². The number of pyridine rings is 2. The Morgan fingerprint density at radius 3 is 2.72 bits per heavy atom. The van der Waals surface area contributed by atoms with Crippen molar-refractivity contribution in [2.45, 2.75) is 38.1 Å². The number of aromatic nitrogens is 2. The molecule has 0 saturated carbocycles. The maximum Gasteiger partial charge on any atom is 0.417 e. The first kappa shape index (κ1) is 17.4. The quantitative estimate of drug-likeness (QED) is 0.864. The molecule has 0 bridgehead atoms. The monoisotopic (exact) mass is 355 g/mol. The van der Waals surface area contributed by atoms with Crippen molar-refractivity contribution in [1.82, 2.24) is 9.97 Å². The number of halogens is 3. The van der Waals surface area contributed by atoms with Gasteiger partial charge >= 0.3 is 6.18 Å². The fourth-order valence-electron chi connectivity index (χ4n) is 3.12. The maximum absolute atomic E-state index is 13.3. The van der Waals surface area contributed by atoms with Crippen LogP contribution in [0.2, 0.25) is 0 Å². The summed E-state index contributed by atoms with van der Waals surface area (Å²) in [6, 6.07) is 2.59. The molecule has 6 nitrogen and oxygen atoms in total. The molecule has 3 N–H and O–H groups in total. The second kappa shape index (κ2) is 5.55. The molecule has 0 aliphatic carbocycles. The molecule has 1 fully saturated rings. The average molecular weight is 355 g/mol. The van der Waals surface area contributed by atoms with Crippen molar-refractivity contribution in [2.24, 2.45) is 11.7 Å². The Labute approximate surface area is 140 Å². The number of amides is 1. The normalized spacial score (nSPS) is 26.9. The molecule has 134 valence electrons. The molecule has 9 heteroatoms. The number of carbonyl (C=O) groups is 1. The van der Waals surface area contributed by atoms with E-state index in [1.165, 1.54) is 19.2 Å². The summed E-state index contributed by atoms with van der Waals surface area (Å²) in [4.78, 5) is 30.4. The topological polar surface area (TPSA) is 98.1 Å². The molecular formula is C16H16F3N3O3. The number of ether oxygens (including phenoxy) is 1. The number of hydrogen-bond donors (Lipinski definition) is 2. The fraction of sp³-hybridized carbons (Fsp3) is 0.438. The molecule has 1 amide bonds. The van der Waals surface area contributed by atoms with Gasteiger partial charge in [0.2, 0.25) is 0 Å². The first-order valence-corrected chi connectivity index (χ1v) is 7.61. The number of alkyl halides is 3. The van der Waals surface area contributed by atoms with E-state index in [-0.39, 0.29) is 28.7 Å². The summed E-state index contributed by atoms with van der Waals surface area (Å²) in [6.45, 7) is 2.47. The Hall–Kier alpha value is -2.42. The van der Waals surface area contributed by atoms with Gasteiger partial charge in [-0.25, -0.2) is 0 Å². The van der Waals surface area contributed by atoms with Crippen LogP contribution in [0.5, 0.6) is 0 Å². The third-order valence-electron chi connectivity index (χ3n) is 4.80. The molecule has 3 rings (SSSR count). The summed E-state index contributed by atoms with van der Waals surface area (Å²) in [7, 11) is 0. The molecule has 2 aromatic rings. The zero-order valence-corrected chi connectivity index (χ0v) is 13.5. The lowest BCUT2D eigenvalue weighted by atomic mass is 9.89. The molecule has 0 aromatic carbocycles. The van der Waals surface area contributed by atoms with E-state index < -0.39 is 35.1 Å². The standard InChI is InChI=1S/C16H16F3N3O3/c1-7-5-11(25-15(7,2)16(17,18)19)9-6-10(23)12-8(22-9)3-4-21-13(12)14(20)24/h3-4,6-7,11H,5H2,1-2H3,(H2,20,24)(H,22,23)/t7-,11?,15+/m0/s1. The van der Waals surface area contributed by atoms with Gasteiger partial charge in [-0.2, -0.15) is 13.2 Å². The summed E-state index contributed by atoms with van der Waals surface area (Å²) in [5.74, 6) is -1.64. The number of nitrogens with zero attached hydrogens (tertiary/aromatic N) is 1.